The number of nitrogens with two attached hydrogens (primary N) is 1. The van der Waals surface area contributed by atoms with Crippen molar-refractivity contribution in [3.63, 3.8) is 0 Å². The number of hydrogen-bond acceptors (Lipinski definition) is 5. The van der Waals surface area contributed by atoms with Crippen LogP contribution in [0.1, 0.15) is 19.8 Å². The summed E-state index contributed by atoms with van der Waals surface area (Å²) in [5.74, 6) is 0.593. The molecule has 0 radical (unpaired) electrons. The van der Waals surface area contributed by atoms with Crippen LogP contribution in [0.15, 0.2) is 34.5 Å². The molecule has 2 N–H and O–H groups in total. The monoisotopic (exact) mass is 417 g/mol. The van der Waals surface area contributed by atoms with Gasteiger partial charge in [-0.25, -0.2) is 13.4 Å². The molecule has 1 fully saturated rings. The van der Waals surface area contributed by atoms with Gasteiger partial charge in [-0.1, -0.05) is 19.1 Å². The summed E-state index contributed by atoms with van der Waals surface area (Å²) in [4.78, 5) is 4.54. The summed E-state index contributed by atoms with van der Waals surface area (Å²) in [5, 5.41) is 2.32. The maximum atomic E-state index is 12.8. The van der Waals surface area contributed by atoms with Gasteiger partial charge in [0.2, 0.25) is 10.0 Å². The highest BCUT2D eigenvalue weighted by Gasteiger charge is 2.28. The first-order chi connectivity index (χ1) is 10.5. The molecule has 23 heavy (non-hydrogen) atoms. The lowest BCUT2D eigenvalue weighted by molar-refractivity contribution is 0.288. The summed E-state index contributed by atoms with van der Waals surface area (Å²) in [6.45, 7) is 3.35. The molecular formula is C15H20BrN3O2S2. The number of anilines is 1. The third-order valence-corrected chi connectivity index (χ3v) is 6.60. The number of benzene rings is 1. The van der Waals surface area contributed by atoms with Crippen molar-refractivity contribution >= 4 is 43.5 Å². The molecule has 126 valence electrons. The van der Waals surface area contributed by atoms with E-state index in [1.165, 1.54) is 11.3 Å². The number of aromatic nitrogens is 1. The normalized spacial score (nSPS) is 16.9. The zero-order chi connectivity index (χ0) is 15.7. The van der Waals surface area contributed by atoms with Crippen LogP contribution in [0, 0.1) is 5.92 Å². The third kappa shape index (κ3) is 3.93. The van der Waals surface area contributed by atoms with E-state index in [9.17, 15) is 8.42 Å². The van der Waals surface area contributed by atoms with Crippen molar-refractivity contribution < 1.29 is 8.42 Å². The molecule has 8 heteroatoms. The van der Waals surface area contributed by atoms with Crippen molar-refractivity contribution in [2.24, 2.45) is 5.92 Å². The Hall–Kier alpha value is -0.960. The predicted molar refractivity (Wildman–Crippen MR) is 99.4 cm³/mol. The lowest BCUT2D eigenvalue weighted by atomic mass is 10.0. The fraction of sp³-hybridized carbons (Fsp3) is 0.400. The number of nitrogens with zero attached hydrogens (tertiary/aromatic N) is 2. The molecule has 5 nitrogen and oxygen atoms in total. The van der Waals surface area contributed by atoms with Crippen LogP contribution in [0.3, 0.4) is 0 Å². The minimum atomic E-state index is -3.43. The van der Waals surface area contributed by atoms with Gasteiger partial charge in [0.05, 0.1) is 10.6 Å². The maximum absolute atomic E-state index is 12.8. The molecule has 2 heterocycles. The van der Waals surface area contributed by atoms with Crippen LogP contribution in [0.25, 0.3) is 11.3 Å². The SMILES string of the molecule is Br.CC1CCN(S(=O)(=O)c2cccc(-c3csc(N)n3)c2)CC1. The average Bonchev–Trinajstić information content (AvgIpc) is 2.94. The molecular weight excluding hydrogens is 398 g/mol. The smallest absolute Gasteiger partial charge is 0.243 e. The summed E-state index contributed by atoms with van der Waals surface area (Å²) >= 11 is 1.35. The van der Waals surface area contributed by atoms with E-state index < -0.39 is 10.0 Å². The molecule has 0 bridgehead atoms. The van der Waals surface area contributed by atoms with Gasteiger partial charge in [-0.15, -0.1) is 28.3 Å². The van der Waals surface area contributed by atoms with E-state index in [4.69, 9.17) is 5.73 Å². The number of piperidine rings is 1. The number of sulfonamides is 1. The van der Waals surface area contributed by atoms with Crippen molar-refractivity contribution in [1.82, 2.24) is 9.29 Å². The number of hydrogen-bond donors (Lipinski definition) is 1. The molecule has 1 aliphatic rings. The molecule has 1 saturated heterocycles. The molecule has 0 amide bonds. The largest absolute Gasteiger partial charge is 0.375 e. The molecule has 0 spiro atoms. The molecule has 1 aromatic carbocycles. The molecule has 0 saturated carbocycles. The zero-order valence-electron chi connectivity index (χ0n) is 12.8. The standard InChI is InChI=1S/C15H19N3O2S2.BrH/c1-11-5-7-18(8-6-11)22(19,20)13-4-2-3-12(9-13)14-10-21-15(16)17-14;/h2-4,9-11H,5-8H2,1H3,(H2,16,17);1H. The second-order valence-corrected chi connectivity index (χ2v) is 8.51. The van der Waals surface area contributed by atoms with E-state index in [2.05, 4.69) is 11.9 Å². The van der Waals surface area contributed by atoms with Crippen molar-refractivity contribution in [3.8, 4) is 11.3 Å². The van der Waals surface area contributed by atoms with Crippen molar-refractivity contribution in [2.45, 2.75) is 24.7 Å². The Morgan fingerprint density at radius 2 is 2.00 bits per heavy atom. The molecule has 0 aliphatic carbocycles. The summed E-state index contributed by atoms with van der Waals surface area (Å²) in [7, 11) is -3.43. The summed E-state index contributed by atoms with van der Waals surface area (Å²) in [5.41, 5.74) is 7.14. The van der Waals surface area contributed by atoms with E-state index in [0.717, 1.165) is 18.4 Å². The van der Waals surface area contributed by atoms with E-state index in [1.807, 2.05) is 11.4 Å². The molecule has 2 aromatic rings. The lowest BCUT2D eigenvalue weighted by Gasteiger charge is -2.29. The van der Waals surface area contributed by atoms with Gasteiger partial charge in [0, 0.05) is 24.0 Å². The first-order valence-electron chi connectivity index (χ1n) is 7.28. The fourth-order valence-corrected chi connectivity index (χ4v) is 4.70. The van der Waals surface area contributed by atoms with Gasteiger partial charge in [-0.05, 0) is 30.9 Å². The maximum Gasteiger partial charge on any atom is 0.243 e. The van der Waals surface area contributed by atoms with Gasteiger partial charge in [-0.2, -0.15) is 4.31 Å². The number of thiazole rings is 1. The summed E-state index contributed by atoms with van der Waals surface area (Å²) in [6.07, 6.45) is 1.84. The van der Waals surface area contributed by atoms with Gasteiger partial charge in [-0.3, -0.25) is 0 Å². The van der Waals surface area contributed by atoms with Crippen LogP contribution >= 0.6 is 28.3 Å². The highest BCUT2D eigenvalue weighted by molar-refractivity contribution is 8.93. The zero-order valence-corrected chi connectivity index (χ0v) is 16.2. The van der Waals surface area contributed by atoms with Crippen LogP contribution in [0.5, 0.6) is 0 Å². The Morgan fingerprint density at radius 3 is 2.61 bits per heavy atom. The predicted octanol–water partition coefficient (Wildman–Crippen LogP) is 3.39. The number of nitrogen functional groups attached to an aromatic ring is 1. The van der Waals surface area contributed by atoms with Crippen LogP contribution in [-0.4, -0.2) is 30.8 Å². The summed E-state index contributed by atoms with van der Waals surface area (Å²) < 4.78 is 27.1. The highest BCUT2D eigenvalue weighted by atomic mass is 79.9. The van der Waals surface area contributed by atoms with Gasteiger partial charge < -0.3 is 5.73 Å². The molecule has 0 unspecified atom stereocenters. The number of rotatable bonds is 3. The minimum absolute atomic E-state index is 0. The Balaban J connectivity index is 0.00000192. The first kappa shape index (κ1) is 18.4. The quantitative estimate of drug-likeness (QED) is 0.829. The van der Waals surface area contributed by atoms with Gasteiger partial charge in [0.1, 0.15) is 0 Å². The van der Waals surface area contributed by atoms with Crippen LogP contribution in [0.2, 0.25) is 0 Å². The molecule has 1 aliphatic heterocycles. The molecule has 1 aromatic heterocycles. The van der Waals surface area contributed by atoms with E-state index in [0.29, 0.717) is 34.7 Å². The fourth-order valence-electron chi connectivity index (χ4n) is 2.61. The van der Waals surface area contributed by atoms with Gasteiger partial charge in [0.15, 0.2) is 5.13 Å². The number of halogens is 1. The van der Waals surface area contributed by atoms with Crippen molar-refractivity contribution in [2.75, 3.05) is 18.8 Å². The Morgan fingerprint density at radius 1 is 1.30 bits per heavy atom. The minimum Gasteiger partial charge on any atom is -0.375 e. The molecule has 3 rings (SSSR count). The molecule has 0 atom stereocenters. The van der Waals surface area contributed by atoms with Crippen molar-refractivity contribution in [3.05, 3.63) is 29.6 Å². The first-order valence-corrected chi connectivity index (χ1v) is 9.60. The van der Waals surface area contributed by atoms with E-state index in [-0.39, 0.29) is 17.0 Å². The van der Waals surface area contributed by atoms with Crippen LogP contribution < -0.4 is 5.73 Å². The van der Waals surface area contributed by atoms with Crippen LogP contribution in [-0.2, 0) is 10.0 Å². The van der Waals surface area contributed by atoms with Crippen molar-refractivity contribution in [1.29, 1.82) is 0 Å². The van der Waals surface area contributed by atoms with Crippen LogP contribution in [0.4, 0.5) is 5.13 Å². The highest BCUT2D eigenvalue weighted by Crippen LogP contribution is 2.28. The third-order valence-electron chi connectivity index (χ3n) is 4.03. The van der Waals surface area contributed by atoms with Gasteiger partial charge in [0.25, 0.3) is 0 Å². The Labute approximate surface area is 151 Å². The van der Waals surface area contributed by atoms with E-state index in [1.54, 1.807) is 22.5 Å². The lowest BCUT2D eigenvalue weighted by Crippen LogP contribution is -2.37. The second-order valence-electron chi connectivity index (χ2n) is 5.69. The van der Waals surface area contributed by atoms with Gasteiger partial charge >= 0.3 is 0 Å². The summed E-state index contributed by atoms with van der Waals surface area (Å²) in [6, 6.07) is 6.94. The average molecular weight is 418 g/mol. The Bertz CT molecular complexity index is 769. The second kappa shape index (κ2) is 7.29. The topological polar surface area (TPSA) is 76.3 Å². The van der Waals surface area contributed by atoms with E-state index >= 15 is 0 Å². The Kier molecular flexibility index (Phi) is 5.83.